The largest absolute Gasteiger partial charge is 0.423 e. The lowest BCUT2D eigenvalue weighted by atomic mass is 10.0. The van der Waals surface area contributed by atoms with Crippen LogP contribution in [0.3, 0.4) is 0 Å². The van der Waals surface area contributed by atoms with Crippen molar-refractivity contribution in [1.82, 2.24) is 4.98 Å². The molecule has 0 aliphatic carbocycles. The van der Waals surface area contributed by atoms with Gasteiger partial charge in [0.2, 0.25) is 0 Å². The second kappa shape index (κ2) is 11.5. The highest BCUT2D eigenvalue weighted by molar-refractivity contribution is 7.15. The zero-order valence-electron chi connectivity index (χ0n) is 17.8. The van der Waals surface area contributed by atoms with Crippen molar-refractivity contribution in [3.8, 4) is 27.4 Å². The molecule has 0 radical (unpaired) electrons. The standard InChI is InChI=1S/C26H29NO2S/c1-3-5-6-7-8-10-24-19-27-26(30-24)22-13-11-20(12-14-22)21-15-17-23(18-16-21)29-25(28)9-4-2/h4,9,11-19H,3,5-8,10H2,1-2H3/b9-4+. The molecular formula is C26H29NO2S. The molecule has 0 aliphatic heterocycles. The first-order valence-corrected chi connectivity index (χ1v) is 11.5. The second-order valence-electron chi connectivity index (χ2n) is 7.32. The fourth-order valence-electron chi connectivity index (χ4n) is 3.27. The molecule has 0 saturated carbocycles. The van der Waals surface area contributed by atoms with Crippen LogP contribution in [0, 0.1) is 0 Å². The average molecular weight is 420 g/mol. The maximum Gasteiger partial charge on any atom is 0.335 e. The second-order valence-corrected chi connectivity index (χ2v) is 8.43. The summed E-state index contributed by atoms with van der Waals surface area (Å²) in [7, 11) is 0. The van der Waals surface area contributed by atoms with E-state index < -0.39 is 0 Å². The third-order valence-corrected chi connectivity index (χ3v) is 6.03. The molecule has 3 aromatic rings. The fourth-order valence-corrected chi connectivity index (χ4v) is 4.23. The van der Waals surface area contributed by atoms with Gasteiger partial charge in [-0.1, -0.05) is 75.1 Å². The number of rotatable bonds is 10. The molecule has 2 aromatic carbocycles. The zero-order valence-corrected chi connectivity index (χ0v) is 18.6. The molecule has 0 saturated heterocycles. The summed E-state index contributed by atoms with van der Waals surface area (Å²) in [5, 5.41) is 1.08. The van der Waals surface area contributed by atoms with Gasteiger partial charge in [-0.05, 0) is 43.0 Å². The lowest BCUT2D eigenvalue weighted by molar-refractivity contribution is -0.129. The monoisotopic (exact) mass is 419 g/mol. The van der Waals surface area contributed by atoms with Gasteiger partial charge < -0.3 is 4.74 Å². The Morgan fingerprint density at radius 3 is 2.23 bits per heavy atom. The number of nitrogens with zero attached hydrogens (tertiary/aromatic N) is 1. The predicted molar refractivity (Wildman–Crippen MR) is 126 cm³/mol. The van der Waals surface area contributed by atoms with Gasteiger partial charge in [-0.15, -0.1) is 11.3 Å². The highest BCUT2D eigenvalue weighted by Gasteiger charge is 2.07. The van der Waals surface area contributed by atoms with Crippen molar-refractivity contribution in [1.29, 1.82) is 0 Å². The van der Waals surface area contributed by atoms with Crippen LogP contribution in [0.4, 0.5) is 0 Å². The van der Waals surface area contributed by atoms with E-state index in [0.29, 0.717) is 5.75 Å². The van der Waals surface area contributed by atoms with Crippen molar-refractivity contribution >= 4 is 17.3 Å². The molecule has 1 aromatic heterocycles. The van der Waals surface area contributed by atoms with E-state index in [2.05, 4.69) is 36.2 Å². The Balaban J connectivity index is 1.59. The SMILES string of the molecule is C/C=C/C(=O)Oc1ccc(-c2ccc(-c3ncc(CCCCCCC)s3)cc2)cc1. The van der Waals surface area contributed by atoms with E-state index in [4.69, 9.17) is 4.74 Å². The van der Waals surface area contributed by atoms with E-state index in [1.165, 1.54) is 43.1 Å². The van der Waals surface area contributed by atoms with Crippen molar-refractivity contribution in [3.63, 3.8) is 0 Å². The molecule has 1 heterocycles. The topological polar surface area (TPSA) is 39.2 Å². The minimum absolute atomic E-state index is 0.363. The van der Waals surface area contributed by atoms with Crippen LogP contribution in [-0.2, 0) is 11.2 Å². The highest BCUT2D eigenvalue weighted by Crippen LogP contribution is 2.29. The van der Waals surface area contributed by atoms with Crippen molar-refractivity contribution < 1.29 is 9.53 Å². The van der Waals surface area contributed by atoms with Crippen molar-refractivity contribution in [2.75, 3.05) is 0 Å². The van der Waals surface area contributed by atoms with E-state index in [1.54, 1.807) is 24.3 Å². The Bertz CT molecular complexity index is 955. The number of hydrogen-bond acceptors (Lipinski definition) is 4. The van der Waals surface area contributed by atoms with Gasteiger partial charge in [0.1, 0.15) is 10.8 Å². The summed E-state index contributed by atoms with van der Waals surface area (Å²) in [6.07, 6.45) is 12.7. The van der Waals surface area contributed by atoms with Gasteiger partial charge in [0, 0.05) is 22.7 Å². The smallest absolute Gasteiger partial charge is 0.335 e. The maximum atomic E-state index is 11.5. The molecule has 0 spiro atoms. The normalized spacial score (nSPS) is 11.1. The first-order valence-electron chi connectivity index (χ1n) is 10.7. The number of ether oxygens (including phenoxy) is 1. The molecule has 0 aliphatic rings. The number of unbranched alkanes of at least 4 members (excludes halogenated alkanes) is 4. The molecule has 0 fully saturated rings. The van der Waals surface area contributed by atoms with Gasteiger partial charge in [-0.2, -0.15) is 0 Å². The van der Waals surface area contributed by atoms with Crippen LogP contribution in [0.2, 0.25) is 0 Å². The van der Waals surface area contributed by atoms with Crippen LogP contribution < -0.4 is 4.74 Å². The van der Waals surface area contributed by atoms with E-state index in [9.17, 15) is 4.79 Å². The van der Waals surface area contributed by atoms with E-state index >= 15 is 0 Å². The number of carbonyl (C=O) groups excluding carboxylic acids is 1. The van der Waals surface area contributed by atoms with Gasteiger partial charge in [0.25, 0.3) is 0 Å². The van der Waals surface area contributed by atoms with Gasteiger partial charge in [0.15, 0.2) is 0 Å². The van der Waals surface area contributed by atoms with Crippen LogP contribution in [0.1, 0.15) is 50.8 Å². The van der Waals surface area contributed by atoms with Crippen LogP contribution in [0.15, 0.2) is 66.9 Å². The first kappa shape index (κ1) is 22.0. The Kier molecular flexibility index (Phi) is 8.40. The predicted octanol–water partition coefficient (Wildman–Crippen LogP) is 7.47. The number of aryl methyl sites for hydroxylation is 1. The molecule has 30 heavy (non-hydrogen) atoms. The lowest BCUT2D eigenvalue weighted by Gasteiger charge is -2.05. The summed E-state index contributed by atoms with van der Waals surface area (Å²) < 4.78 is 5.24. The van der Waals surface area contributed by atoms with E-state index in [-0.39, 0.29) is 5.97 Å². The Morgan fingerprint density at radius 2 is 1.57 bits per heavy atom. The molecular weight excluding hydrogens is 390 g/mol. The Labute approximate surface area is 183 Å². The number of carbonyl (C=O) groups is 1. The van der Waals surface area contributed by atoms with E-state index in [1.807, 2.05) is 30.5 Å². The lowest BCUT2D eigenvalue weighted by Crippen LogP contribution is -2.03. The summed E-state index contributed by atoms with van der Waals surface area (Å²) in [6.45, 7) is 4.04. The molecule has 0 unspecified atom stereocenters. The molecule has 3 nitrogen and oxygen atoms in total. The fraction of sp³-hybridized carbons (Fsp3) is 0.308. The average Bonchev–Trinajstić information content (AvgIpc) is 3.23. The third kappa shape index (κ3) is 6.39. The molecule has 0 amide bonds. The molecule has 4 heteroatoms. The number of allylic oxidation sites excluding steroid dienone is 1. The van der Waals surface area contributed by atoms with Crippen LogP contribution >= 0.6 is 11.3 Å². The molecule has 0 atom stereocenters. The zero-order chi connectivity index (χ0) is 21.2. The van der Waals surface area contributed by atoms with Crippen LogP contribution in [-0.4, -0.2) is 11.0 Å². The van der Waals surface area contributed by atoms with Gasteiger partial charge in [-0.3, -0.25) is 0 Å². The van der Waals surface area contributed by atoms with Crippen LogP contribution in [0.5, 0.6) is 5.75 Å². The number of hydrogen-bond donors (Lipinski definition) is 0. The van der Waals surface area contributed by atoms with Gasteiger partial charge in [-0.25, -0.2) is 9.78 Å². The molecule has 3 rings (SSSR count). The summed E-state index contributed by atoms with van der Waals surface area (Å²) in [5.41, 5.74) is 3.36. The Morgan fingerprint density at radius 1 is 0.933 bits per heavy atom. The summed E-state index contributed by atoms with van der Waals surface area (Å²) in [5.74, 6) is 0.182. The van der Waals surface area contributed by atoms with Gasteiger partial charge >= 0.3 is 5.97 Å². The molecule has 0 bridgehead atoms. The maximum absolute atomic E-state index is 11.5. The third-order valence-electron chi connectivity index (χ3n) is 4.92. The summed E-state index contributed by atoms with van der Waals surface area (Å²) in [4.78, 5) is 17.5. The number of benzene rings is 2. The quantitative estimate of drug-likeness (QED) is 0.148. The number of aromatic nitrogens is 1. The number of esters is 1. The van der Waals surface area contributed by atoms with E-state index in [0.717, 1.165) is 28.1 Å². The van der Waals surface area contributed by atoms with Crippen LogP contribution in [0.25, 0.3) is 21.7 Å². The van der Waals surface area contributed by atoms with Crippen molar-refractivity contribution in [3.05, 3.63) is 71.8 Å². The van der Waals surface area contributed by atoms with Crippen molar-refractivity contribution in [2.45, 2.75) is 52.4 Å². The minimum atomic E-state index is -0.363. The highest BCUT2D eigenvalue weighted by atomic mass is 32.1. The Hall–Kier alpha value is -2.72. The first-order chi connectivity index (χ1) is 14.7. The number of thiazole rings is 1. The molecule has 156 valence electrons. The van der Waals surface area contributed by atoms with Crippen molar-refractivity contribution in [2.24, 2.45) is 0 Å². The minimum Gasteiger partial charge on any atom is -0.423 e. The molecule has 0 N–H and O–H groups in total. The summed E-state index contributed by atoms with van der Waals surface area (Å²) >= 11 is 1.80. The van der Waals surface area contributed by atoms with Gasteiger partial charge in [0.05, 0.1) is 0 Å². The summed E-state index contributed by atoms with van der Waals surface area (Å²) in [6, 6.07) is 16.0.